The van der Waals surface area contributed by atoms with Gasteiger partial charge in [-0.3, -0.25) is 0 Å². The molecule has 1 rings (SSSR count). The van der Waals surface area contributed by atoms with Crippen molar-refractivity contribution in [1.82, 2.24) is 0 Å². The third-order valence-corrected chi connectivity index (χ3v) is 2.32. The first-order valence-corrected chi connectivity index (χ1v) is 3.75. The van der Waals surface area contributed by atoms with Crippen molar-refractivity contribution < 1.29 is 40.9 Å². The first-order chi connectivity index (χ1) is 6.13. The normalized spacial score (nSPS) is 46.3. The topological polar surface area (TPSA) is 162 Å². The van der Waals surface area contributed by atoms with E-state index in [0.717, 1.165) is 0 Å². The molecular weight excluding hydrogens is 200 g/mol. The highest BCUT2D eigenvalue weighted by Gasteiger charge is 2.64. The summed E-state index contributed by atoms with van der Waals surface area (Å²) in [5.74, 6) is -6.63. The Bertz CT molecular complexity index is 204. The highest BCUT2D eigenvalue weighted by molar-refractivity contribution is 5.06. The average Bonchev–Trinajstić information content (AvgIpc) is 2.11. The quantitative estimate of drug-likeness (QED) is 0.185. The zero-order valence-corrected chi connectivity index (χ0v) is 6.89. The van der Waals surface area contributed by atoms with Gasteiger partial charge < -0.3 is 40.9 Å². The van der Waals surface area contributed by atoms with Crippen LogP contribution in [0.2, 0.25) is 0 Å². The summed E-state index contributed by atoms with van der Waals surface area (Å²) in [6.45, 7) is 0. The Kier molecular flexibility index (Phi) is 2.59. The van der Waals surface area contributed by atoms with E-state index in [1.807, 2.05) is 0 Å². The fraction of sp³-hybridized carbons (Fsp3) is 1.00. The highest BCUT2D eigenvalue weighted by atomic mass is 16.6. The van der Waals surface area contributed by atoms with E-state index in [1.165, 1.54) is 0 Å². The van der Waals surface area contributed by atoms with Crippen LogP contribution < -0.4 is 0 Å². The lowest BCUT2D eigenvalue weighted by molar-refractivity contribution is -0.413. The van der Waals surface area contributed by atoms with E-state index in [9.17, 15) is 0 Å². The Morgan fingerprint density at radius 2 is 0.929 bits per heavy atom. The highest BCUT2D eigenvalue weighted by Crippen LogP contribution is 2.33. The van der Waals surface area contributed by atoms with Gasteiger partial charge in [0, 0.05) is 0 Å². The largest absolute Gasteiger partial charge is 0.387 e. The summed E-state index contributed by atoms with van der Waals surface area (Å²) in [7, 11) is 0. The maximum atomic E-state index is 9.00. The van der Waals surface area contributed by atoms with E-state index in [1.54, 1.807) is 0 Å². The molecule has 1 aliphatic carbocycles. The SMILES string of the molecule is OC1C(O)C(O)(O)C(O)C(O)(O)C1O. The average molecular weight is 212 g/mol. The molecule has 8 N–H and O–H groups in total. The monoisotopic (exact) mass is 212 g/mol. The fourth-order valence-corrected chi connectivity index (χ4v) is 1.31. The molecule has 0 aliphatic heterocycles. The Labute approximate surface area is 77.9 Å². The number of hydrogen-bond donors (Lipinski definition) is 8. The molecular formula is C6H12O8. The van der Waals surface area contributed by atoms with Gasteiger partial charge >= 0.3 is 0 Å². The molecule has 0 saturated heterocycles. The predicted molar refractivity (Wildman–Crippen MR) is 38.4 cm³/mol. The molecule has 0 aromatic carbocycles. The molecule has 0 bridgehead atoms. The van der Waals surface area contributed by atoms with E-state index in [0.29, 0.717) is 0 Å². The van der Waals surface area contributed by atoms with Crippen LogP contribution in [0, 0.1) is 0 Å². The Morgan fingerprint density at radius 1 is 0.643 bits per heavy atom. The van der Waals surface area contributed by atoms with E-state index >= 15 is 0 Å². The van der Waals surface area contributed by atoms with Crippen LogP contribution >= 0.6 is 0 Å². The van der Waals surface area contributed by atoms with Gasteiger partial charge in [0.25, 0.3) is 0 Å². The second-order valence-corrected chi connectivity index (χ2v) is 3.35. The molecule has 14 heavy (non-hydrogen) atoms. The maximum Gasteiger partial charge on any atom is 0.224 e. The molecule has 84 valence electrons. The van der Waals surface area contributed by atoms with Crippen LogP contribution in [0.4, 0.5) is 0 Å². The Morgan fingerprint density at radius 3 is 1.21 bits per heavy atom. The van der Waals surface area contributed by atoms with E-state index in [2.05, 4.69) is 0 Å². The molecule has 0 aromatic heterocycles. The van der Waals surface area contributed by atoms with Crippen molar-refractivity contribution in [1.29, 1.82) is 0 Å². The molecule has 1 aliphatic rings. The molecule has 0 spiro atoms. The molecule has 0 heterocycles. The lowest BCUT2D eigenvalue weighted by Crippen LogP contribution is -2.76. The van der Waals surface area contributed by atoms with Crippen molar-refractivity contribution in [2.45, 2.75) is 36.0 Å². The minimum Gasteiger partial charge on any atom is -0.387 e. The van der Waals surface area contributed by atoms with Crippen LogP contribution in [0.1, 0.15) is 0 Å². The summed E-state index contributed by atoms with van der Waals surface area (Å²) in [4.78, 5) is 0. The first-order valence-electron chi connectivity index (χ1n) is 3.75. The van der Waals surface area contributed by atoms with Crippen LogP contribution in [0.3, 0.4) is 0 Å². The molecule has 1 fully saturated rings. The lowest BCUT2D eigenvalue weighted by atomic mass is 9.79. The van der Waals surface area contributed by atoms with Gasteiger partial charge in [0.15, 0.2) is 6.10 Å². The number of hydrogen-bond acceptors (Lipinski definition) is 8. The summed E-state index contributed by atoms with van der Waals surface area (Å²) in [6.07, 6.45) is -9.48. The first kappa shape index (κ1) is 11.8. The van der Waals surface area contributed by atoms with Crippen molar-refractivity contribution in [3.63, 3.8) is 0 Å². The summed E-state index contributed by atoms with van der Waals surface area (Å²) in [5.41, 5.74) is 0. The van der Waals surface area contributed by atoms with Gasteiger partial charge in [-0.2, -0.15) is 0 Å². The summed E-state index contributed by atoms with van der Waals surface area (Å²) in [6, 6.07) is 0. The Balaban J connectivity index is 3.09. The second kappa shape index (κ2) is 3.08. The van der Waals surface area contributed by atoms with Crippen LogP contribution in [-0.2, 0) is 0 Å². The molecule has 8 nitrogen and oxygen atoms in total. The number of aliphatic hydroxyl groups excluding tert-OH is 4. The number of aliphatic hydroxyl groups is 8. The Hall–Kier alpha value is -0.320. The minimum absolute atomic E-state index is 2.21. The number of rotatable bonds is 0. The third kappa shape index (κ3) is 1.33. The molecule has 0 radical (unpaired) electrons. The van der Waals surface area contributed by atoms with Crippen LogP contribution in [0.5, 0.6) is 0 Å². The lowest BCUT2D eigenvalue weighted by Gasteiger charge is -2.48. The zero-order chi connectivity index (χ0) is 11.3. The molecule has 0 aromatic rings. The van der Waals surface area contributed by atoms with E-state index in [-0.39, 0.29) is 0 Å². The third-order valence-electron chi connectivity index (χ3n) is 2.32. The predicted octanol–water partition coefficient (Wildman–Crippen LogP) is -5.19. The molecule has 0 amide bonds. The minimum atomic E-state index is -3.32. The molecule has 1 saturated carbocycles. The summed E-state index contributed by atoms with van der Waals surface area (Å²) >= 11 is 0. The van der Waals surface area contributed by atoms with Crippen LogP contribution in [0.15, 0.2) is 0 Å². The summed E-state index contributed by atoms with van der Waals surface area (Å²) < 4.78 is 0. The van der Waals surface area contributed by atoms with E-state index in [4.69, 9.17) is 40.9 Å². The van der Waals surface area contributed by atoms with Crippen LogP contribution in [-0.4, -0.2) is 76.8 Å². The van der Waals surface area contributed by atoms with Crippen molar-refractivity contribution in [3.8, 4) is 0 Å². The van der Waals surface area contributed by atoms with Gasteiger partial charge in [-0.1, -0.05) is 0 Å². The summed E-state index contributed by atoms with van der Waals surface area (Å²) in [5, 5.41) is 71.9. The van der Waals surface area contributed by atoms with Gasteiger partial charge in [-0.25, -0.2) is 0 Å². The fourth-order valence-electron chi connectivity index (χ4n) is 1.31. The van der Waals surface area contributed by atoms with E-state index < -0.39 is 36.0 Å². The molecule has 8 heteroatoms. The second-order valence-electron chi connectivity index (χ2n) is 3.35. The maximum absolute atomic E-state index is 9.00. The van der Waals surface area contributed by atoms with Gasteiger partial charge in [-0.15, -0.1) is 0 Å². The van der Waals surface area contributed by atoms with Crippen molar-refractivity contribution in [3.05, 3.63) is 0 Å². The van der Waals surface area contributed by atoms with Gasteiger partial charge in [0.2, 0.25) is 11.6 Å². The van der Waals surface area contributed by atoms with Crippen molar-refractivity contribution >= 4 is 0 Å². The van der Waals surface area contributed by atoms with Gasteiger partial charge in [-0.05, 0) is 0 Å². The van der Waals surface area contributed by atoms with Crippen molar-refractivity contribution in [2.75, 3.05) is 0 Å². The van der Waals surface area contributed by atoms with Gasteiger partial charge in [0.05, 0.1) is 0 Å². The molecule has 2 unspecified atom stereocenters. The molecule has 2 atom stereocenters. The van der Waals surface area contributed by atoms with Crippen molar-refractivity contribution in [2.24, 2.45) is 0 Å². The van der Waals surface area contributed by atoms with Crippen LogP contribution in [0.25, 0.3) is 0 Å². The van der Waals surface area contributed by atoms with Gasteiger partial charge in [0.1, 0.15) is 18.3 Å². The smallest absolute Gasteiger partial charge is 0.224 e. The standard InChI is InChI=1S/C6H12O8/c7-1-2(8)5(11,12)4(10)6(13,14)3(1)9/h1-4,7-14H. The zero-order valence-electron chi connectivity index (χ0n) is 6.89.